The van der Waals surface area contributed by atoms with Crippen LogP contribution in [0.1, 0.15) is 17.0 Å². The average molecular weight is 396 g/mol. The van der Waals surface area contributed by atoms with Gasteiger partial charge in [-0.3, -0.25) is 4.79 Å². The van der Waals surface area contributed by atoms with E-state index in [9.17, 15) is 13.2 Å². The molecule has 26 heavy (non-hydrogen) atoms. The molecule has 1 fully saturated rings. The van der Waals surface area contributed by atoms with Crippen LogP contribution in [0.3, 0.4) is 0 Å². The first-order valence-electron chi connectivity index (χ1n) is 7.91. The highest BCUT2D eigenvalue weighted by atomic mass is 35.5. The SMILES string of the molecule is Cc1nnn(Cc2cc(Cl)ccc2C=CC(=O)N2CC(S(C)(=O)=O)C2)n1. The smallest absolute Gasteiger partial charge is 0.246 e. The molecule has 0 aliphatic carbocycles. The Morgan fingerprint density at radius 1 is 1.38 bits per heavy atom. The molecule has 1 aromatic heterocycles. The molecule has 0 unspecified atom stereocenters. The summed E-state index contributed by atoms with van der Waals surface area (Å²) < 4.78 is 22.9. The van der Waals surface area contributed by atoms with Gasteiger partial charge in [-0.2, -0.15) is 4.80 Å². The molecule has 138 valence electrons. The highest BCUT2D eigenvalue weighted by molar-refractivity contribution is 7.91. The maximum Gasteiger partial charge on any atom is 0.246 e. The van der Waals surface area contributed by atoms with Gasteiger partial charge in [0.1, 0.15) is 0 Å². The summed E-state index contributed by atoms with van der Waals surface area (Å²) in [6.07, 6.45) is 4.31. The summed E-state index contributed by atoms with van der Waals surface area (Å²) in [5.74, 6) is 0.345. The lowest BCUT2D eigenvalue weighted by molar-refractivity contribution is -0.128. The van der Waals surface area contributed by atoms with Gasteiger partial charge in [0.2, 0.25) is 5.91 Å². The van der Waals surface area contributed by atoms with Crippen molar-refractivity contribution in [2.24, 2.45) is 0 Å². The van der Waals surface area contributed by atoms with E-state index in [0.29, 0.717) is 17.4 Å². The van der Waals surface area contributed by atoms with Gasteiger partial charge in [-0.15, -0.1) is 10.2 Å². The number of rotatable bonds is 5. The predicted octanol–water partition coefficient (Wildman–Crippen LogP) is 0.952. The minimum Gasteiger partial charge on any atom is -0.336 e. The zero-order chi connectivity index (χ0) is 18.9. The fraction of sp³-hybridized carbons (Fsp3) is 0.375. The number of hydrogen-bond acceptors (Lipinski definition) is 6. The minimum absolute atomic E-state index is 0.222. The van der Waals surface area contributed by atoms with Crippen LogP contribution in [0, 0.1) is 6.92 Å². The van der Waals surface area contributed by atoms with Crippen molar-refractivity contribution < 1.29 is 13.2 Å². The molecule has 0 N–H and O–H groups in total. The minimum atomic E-state index is -3.10. The summed E-state index contributed by atoms with van der Waals surface area (Å²) in [6, 6.07) is 5.33. The number of halogens is 1. The Morgan fingerprint density at radius 3 is 2.73 bits per heavy atom. The van der Waals surface area contributed by atoms with Crippen LogP contribution in [0.2, 0.25) is 5.02 Å². The molecule has 0 bridgehead atoms. The number of tetrazole rings is 1. The van der Waals surface area contributed by atoms with Gasteiger partial charge in [-0.25, -0.2) is 8.42 Å². The number of benzene rings is 1. The first-order valence-corrected chi connectivity index (χ1v) is 10.2. The molecule has 1 aliphatic rings. The zero-order valence-electron chi connectivity index (χ0n) is 14.3. The fourth-order valence-electron chi connectivity index (χ4n) is 2.57. The van der Waals surface area contributed by atoms with Crippen molar-refractivity contribution in [2.45, 2.75) is 18.7 Å². The van der Waals surface area contributed by atoms with E-state index in [2.05, 4.69) is 15.4 Å². The van der Waals surface area contributed by atoms with Gasteiger partial charge in [0.25, 0.3) is 0 Å². The van der Waals surface area contributed by atoms with E-state index >= 15 is 0 Å². The number of likely N-dealkylation sites (tertiary alicyclic amines) is 1. The average Bonchev–Trinajstić information content (AvgIpc) is 2.88. The summed E-state index contributed by atoms with van der Waals surface area (Å²) in [5, 5.41) is 12.0. The van der Waals surface area contributed by atoms with Crippen LogP contribution in [0.25, 0.3) is 6.08 Å². The van der Waals surface area contributed by atoms with Crippen LogP contribution < -0.4 is 0 Å². The number of aromatic nitrogens is 4. The molecule has 10 heteroatoms. The van der Waals surface area contributed by atoms with Crippen molar-refractivity contribution in [3.63, 3.8) is 0 Å². The Bertz CT molecular complexity index is 964. The van der Waals surface area contributed by atoms with Gasteiger partial charge in [0, 0.05) is 30.4 Å². The second-order valence-electron chi connectivity index (χ2n) is 6.24. The quantitative estimate of drug-likeness (QED) is 0.699. The lowest BCUT2D eigenvalue weighted by Gasteiger charge is -2.37. The van der Waals surface area contributed by atoms with E-state index in [4.69, 9.17) is 11.6 Å². The van der Waals surface area contributed by atoms with E-state index in [1.54, 1.807) is 31.2 Å². The van der Waals surface area contributed by atoms with E-state index in [1.165, 1.54) is 22.0 Å². The molecule has 3 rings (SSSR count). The molecule has 0 spiro atoms. The molecule has 1 saturated heterocycles. The highest BCUT2D eigenvalue weighted by Crippen LogP contribution is 2.20. The molecule has 0 radical (unpaired) electrons. The van der Waals surface area contributed by atoms with Crippen LogP contribution in [0.5, 0.6) is 0 Å². The van der Waals surface area contributed by atoms with Gasteiger partial charge < -0.3 is 4.90 Å². The van der Waals surface area contributed by atoms with Crippen molar-refractivity contribution in [3.8, 4) is 0 Å². The van der Waals surface area contributed by atoms with Crippen molar-refractivity contribution in [2.75, 3.05) is 19.3 Å². The Hall–Kier alpha value is -2.26. The molecule has 0 atom stereocenters. The van der Waals surface area contributed by atoms with Gasteiger partial charge in [-0.05, 0) is 41.5 Å². The summed E-state index contributed by atoms with van der Waals surface area (Å²) in [5.41, 5.74) is 1.65. The topological polar surface area (TPSA) is 98.0 Å². The second-order valence-corrected chi connectivity index (χ2v) is 9.00. The fourth-order valence-corrected chi connectivity index (χ4v) is 3.67. The summed E-state index contributed by atoms with van der Waals surface area (Å²) >= 11 is 6.07. The number of sulfone groups is 1. The molecule has 1 aliphatic heterocycles. The Balaban J connectivity index is 1.71. The molecule has 2 aromatic rings. The molecular formula is C16H18ClN5O3S. The van der Waals surface area contributed by atoms with Crippen molar-refractivity contribution >= 4 is 33.4 Å². The lowest BCUT2D eigenvalue weighted by Crippen LogP contribution is -2.56. The van der Waals surface area contributed by atoms with Crippen LogP contribution in [-0.2, 0) is 21.2 Å². The first-order chi connectivity index (χ1) is 12.2. The summed E-state index contributed by atoms with van der Waals surface area (Å²) in [6.45, 7) is 2.59. The van der Waals surface area contributed by atoms with Gasteiger partial charge in [-0.1, -0.05) is 17.7 Å². The maximum absolute atomic E-state index is 12.2. The van der Waals surface area contributed by atoms with E-state index in [-0.39, 0.29) is 19.0 Å². The Kier molecular flexibility index (Phi) is 5.10. The van der Waals surface area contributed by atoms with Gasteiger partial charge in [0.15, 0.2) is 15.7 Å². The van der Waals surface area contributed by atoms with Gasteiger partial charge >= 0.3 is 0 Å². The van der Waals surface area contributed by atoms with Crippen LogP contribution in [-0.4, -0.2) is 64.0 Å². The Labute approximate surface area is 156 Å². The monoisotopic (exact) mass is 395 g/mol. The molecular weight excluding hydrogens is 378 g/mol. The molecule has 8 nitrogen and oxygen atoms in total. The van der Waals surface area contributed by atoms with E-state index in [0.717, 1.165) is 11.1 Å². The zero-order valence-corrected chi connectivity index (χ0v) is 15.9. The third-order valence-electron chi connectivity index (χ3n) is 4.14. The lowest BCUT2D eigenvalue weighted by atomic mass is 10.1. The number of carbonyl (C=O) groups is 1. The summed E-state index contributed by atoms with van der Waals surface area (Å²) in [4.78, 5) is 15.1. The first kappa shape index (κ1) is 18.5. The Morgan fingerprint density at radius 2 is 2.12 bits per heavy atom. The van der Waals surface area contributed by atoms with E-state index in [1.807, 2.05) is 0 Å². The third kappa shape index (κ3) is 4.28. The largest absolute Gasteiger partial charge is 0.336 e. The highest BCUT2D eigenvalue weighted by Gasteiger charge is 2.36. The predicted molar refractivity (Wildman–Crippen MR) is 97.4 cm³/mol. The van der Waals surface area contributed by atoms with Crippen molar-refractivity contribution in [1.29, 1.82) is 0 Å². The van der Waals surface area contributed by atoms with Crippen LogP contribution >= 0.6 is 11.6 Å². The number of hydrogen-bond donors (Lipinski definition) is 0. The van der Waals surface area contributed by atoms with E-state index < -0.39 is 15.1 Å². The van der Waals surface area contributed by atoms with Gasteiger partial charge in [0.05, 0.1) is 11.8 Å². The number of carbonyl (C=O) groups excluding carboxylic acids is 1. The standard InChI is InChI=1S/C16H18ClN5O3S/c1-11-18-20-22(19-11)8-13-7-14(17)5-3-12(13)4-6-16(23)21-9-15(10-21)26(2,24)25/h3-7,15H,8-10H2,1-2H3. The second kappa shape index (κ2) is 7.16. The molecule has 0 saturated carbocycles. The normalized spacial score (nSPS) is 15.4. The molecule has 2 heterocycles. The third-order valence-corrected chi connectivity index (χ3v) is 5.88. The van der Waals surface area contributed by atoms with Crippen LogP contribution in [0.4, 0.5) is 0 Å². The van der Waals surface area contributed by atoms with Crippen LogP contribution in [0.15, 0.2) is 24.3 Å². The molecule has 1 aromatic carbocycles. The number of aryl methyl sites for hydroxylation is 1. The van der Waals surface area contributed by atoms with Crippen molar-refractivity contribution in [1.82, 2.24) is 25.1 Å². The maximum atomic E-state index is 12.2. The summed E-state index contributed by atoms with van der Waals surface area (Å²) in [7, 11) is -3.10. The number of amides is 1. The molecule has 1 amide bonds. The number of nitrogens with zero attached hydrogens (tertiary/aromatic N) is 5. The van der Waals surface area contributed by atoms with Crippen molar-refractivity contribution in [3.05, 3.63) is 46.2 Å².